The Balaban J connectivity index is 2.26. The molecule has 0 aromatic heterocycles. The number of amides is 2. The molecule has 0 aliphatic carbocycles. The molecule has 1 aliphatic heterocycles. The smallest absolute Gasteiger partial charge is 0.296 e. The monoisotopic (exact) mass is 291 g/mol. The largest absolute Gasteiger partial charge is 0.502 e. The number of aliphatic hydroxyl groups is 1. The normalized spacial score (nSPS) is 15.0. The van der Waals surface area contributed by atoms with Gasteiger partial charge in [-0.15, -0.1) is 0 Å². The van der Waals surface area contributed by atoms with Crippen molar-refractivity contribution in [1.82, 2.24) is 4.90 Å². The maximum absolute atomic E-state index is 12.2. The second-order valence-corrected chi connectivity index (χ2v) is 4.44. The van der Waals surface area contributed by atoms with Gasteiger partial charge in [0.15, 0.2) is 5.76 Å². The Labute approximate surface area is 122 Å². The van der Waals surface area contributed by atoms with Crippen molar-refractivity contribution in [1.29, 1.82) is 0 Å². The van der Waals surface area contributed by atoms with Crippen LogP contribution in [-0.4, -0.2) is 48.7 Å². The molecule has 0 saturated carbocycles. The van der Waals surface area contributed by atoms with E-state index in [1.165, 1.54) is 7.11 Å². The van der Waals surface area contributed by atoms with Crippen molar-refractivity contribution < 1.29 is 24.2 Å². The summed E-state index contributed by atoms with van der Waals surface area (Å²) in [6.45, 7) is 2.74. The minimum Gasteiger partial charge on any atom is -0.502 e. The Morgan fingerprint density at radius 2 is 1.81 bits per heavy atom. The van der Waals surface area contributed by atoms with Gasteiger partial charge in [-0.05, 0) is 24.6 Å². The summed E-state index contributed by atoms with van der Waals surface area (Å²) >= 11 is 0. The predicted molar refractivity (Wildman–Crippen MR) is 75.8 cm³/mol. The van der Waals surface area contributed by atoms with Crippen molar-refractivity contribution >= 4 is 17.4 Å². The van der Waals surface area contributed by atoms with E-state index in [0.717, 1.165) is 4.90 Å². The first-order chi connectivity index (χ1) is 10.1. The molecule has 0 unspecified atom stereocenters. The van der Waals surface area contributed by atoms with E-state index in [1.807, 2.05) is 6.92 Å². The fraction of sp³-hybridized carbons (Fsp3) is 0.333. The third-order valence-electron chi connectivity index (χ3n) is 3.12. The van der Waals surface area contributed by atoms with Crippen LogP contribution in [-0.2, 0) is 14.3 Å². The van der Waals surface area contributed by atoms with Crippen molar-refractivity contribution in [2.75, 3.05) is 26.9 Å². The van der Waals surface area contributed by atoms with Gasteiger partial charge in [0.05, 0.1) is 25.3 Å². The molecule has 0 saturated heterocycles. The van der Waals surface area contributed by atoms with Crippen LogP contribution >= 0.6 is 0 Å². The molecule has 6 nitrogen and oxygen atoms in total. The Kier molecular flexibility index (Phi) is 4.59. The van der Waals surface area contributed by atoms with Gasteiger partial charge in [-0.1, -0.05) is 12.1 Å². The number of nitrogens with zero attached hydrogens (tertiary/aromatic N) is 1. The lowest BCUT2D eigenvalue weighted by molar-refractivity contribution is -0.138. The number of hydrogen-bond acceptors (Lipinski definition) is 5. The molecular weight excluding hydrogens is 274 g/mol. The molecule has 0 atom stereocenters. The molecule has 0 bridgehead atoms. The predicted octanol–water partition coefficient (Wildman–Crippen LogP) is 1.37. The third-order valence-corrected chi connectivity index (χ3v) is 3.12. The van der Waals surface area contributed by atoms with Crippen LogP contribution in [0.15, 0.2) is 30.0 Å². The fourth-order valence-corrected chi connectivity index (χ4v) is 2.09. The highest BCUT2D eigenvalue weighted by molar-refractivity contribution is 6.34. The zero-order valence-corrected chi connectivity index (χ0v) is 12.0. The van der Waals surface area contributed by atoms with Gasteiger partial charge < -0.3 is 14.6 Å². The van der Waals surface area contributed by atoms with Crippen LogP contribution in [0.2, 0.25) is 0 Å². The number of methoxy groups -OCH3 is 1. The minimum atomic E-state index is -0.694. The van der Waals surface area contributed by atoms with E-state index in [2.05, 4.69) is 0 Å². The lowest BCUT2D eigenvalue weighted by atomic mass is 10.1. The maximum Gasteiger partial charge on any atom is 0.296 e. The molecule has 1 aliphatic rings. The van der Waals surface area contributed by atoms with E-state index < -0.39 is 17.6 Å². The molecule has 1 aromatic rings. The fourth-order valence-electron chi connectivity index (χ4n) is 2.09. The average molecular weight is 291 g/mol. The molecule has 0 spiro atoms. The first kappa shape index (κ1) is 15.1. The van der Waals surface area contributed by atoms with E-state index in [0.29, 0.717) is 17.9 Å². The topological polar surface area (TPSA) is 76.1 Å². The van der Waals surface area contributed by atoms with Crippen molar-refractivity contribution in [3.05, 3.63) is 35.6 Å². The van der Waals surface area contributed by atoms with Gasteiger partial charge in [-0.3, -0.25) is 14.5 Å². The Hall–Kier alpha value is -2.34. The first-order valence-corrected chi connectivity index (χ1v) is 6.61. The number of benzene rings is 1. The zero-order valence-electron chi connectivity index (χ0n) is 12.0. The molecule has 2 rings (SSSR count). The average Bonchev–Trinajstić information content (AvgIpc) is 2.69. The molecular formula is C15H17NO5. The molecule has 2 amide bonds. The van der Waals surface area contributed by atoms with Crippen LogP contribution in [0, 0.1) is 0 Å². The molecule has 0 radical (unpaired) electrons. The minimum absolute atomic E-state index is 0.0131. The quantitative estimate of drug-likeness (QED) is 0.801. The SMILES string of the molecule is CCOc1ccc(C2=C(O)C(=O)N(CCOC)C2=O)cc1. The molecule has 1 aromatic carbocycles. The van der Waals surface area contributed by atoms with Gasteiger partial charge >= 0.3 is 0 Å². The Bertz CT molecular complexity index is 576. The van der Waals surface area contributed by atoms with Crippen LogP contribution in [0.3, 0.4) is 0 Å². The van der Waals surface area contributed by atoms with E-state index >= 15 is 0 Å². The highest BCUT2D eigenvalue weighted by Crippen LogP contribution is 2.28. The molecule has 0 fully saturated rings. The molecule has 21 heavy (non-hydrogen) atoms. The number of carbonyl (C=O) groups excluding carboxylic acids is 2. The van der Waals surface area contributed by atoms with Gasteiger partial charge in [-0.25, -0.2) is 0 Å². The van der Waals surface area contributed by atoms with Crippen LogP contribution in [0.25, 0.3) is 5.57 Å². The lowest BCUT2D eigenvalue weighted by Crippen LogP contribution is -2.34. The van der Waals surface area contributed by atoms with Crippen LogP contribution in [0.4, 0.5) is 0 Å². The summed E-state index contributed by atoms with van der Waals surface area (Å²) in [5, 5.41) is 9.92. The van der Waals surface area contributed by atoms with E-state index in [4.69, 9.17) is 9.47 Å². The van der Waals surface area contributed by atoms with Crippen LogP contribution in [0.5, 0.6) is 5.75 Å². The van der Waals surface area contributed by atoms with Gasteiger partial charge in [0, 0.05) is 7.11 Å². The number of carbonyl (C=O) groups is 2. The highest BCUT2D eigenvalue weighted by atomic mass is 16.5. The number of rotatable bonds is 6. The van der Waals surface area contributed by atoms with E-state index in [1.54, 1.807) is 24.3 Å². The van der Waals surface area contributed by atoms with Gasteiger partial charge in [0.1, 0.15) is 5.75 Å². The van der Waals surface area contributed by atoms with Crippen molar-refractivity contribution in [2.24, 2.45) is 0 Å². The van der Waals surface area contributed by atoms with Crippen molar-refractivity contribution in [3.63, 3.8) is 0 Å². The van der Waals surface area contributed by atoms with E-state index in [-0.39, 0.29) is 18.7 Å². The second-order valence-electron chi connectivity index (χ2n) is 4.44. The molecule has 112 valence electrons. The van der Waals surface area contributed by atoms with Crippen molar-refractivity contribution in [2.45, 2.75) is 6.92 Å². The van der Waals surface area contributed by atoms with Gasteiger partial charge in [-0.2, -0.15) is 0 Å². The number of imide groups is 1. The first-order valence-electron chi connectivity index (χ1n) is 6.61. The summed E-state index contributed by atoms with van der Waals surface area (Å²) in [5.74, 6) is -1.07. The second kappa shape index (κ2) is 6.41. The number of hydrogen-bond donors (Lipinski definition) is 1. The lowest BCUT2D eigenvalue weighted by Gasteiger charge is -2.13. The number of ether oxygens (including phenoxy) is 2. The van der Waals surface area contributed by atoms with Gasteiger partial charge in [0.2, 0.25) is 0 Å². The van der Waals surface area contributed by atoms with Crippen LogP contribution in [0.1, 0.15) is 12.5 Å². The van der Waals surface area contributed by atoms with Crippen molar-refractivity contribution in [3.8, 4) is 5.75 Å². The standard InChI is InChI=1S/C15H17NO5/c1-3-21-11-6-4-10(5-7-11)12-13(17)15(19)16(14(12)18)8-9-20-2/h4-7,17H,3,8-9H2,1-2H3. The zero-order chi connectivity index (χ0) is 15.4. The third kappa shape index (κ3) is 2.90. The Morgan fingerprint density at radius 1 is 1.14 bits per heavy atom. The summed E-state index contributed by atoms with van der Waals surface area (Å²) in [6.07, 6.45) is 0. The summed E-state index contributed by atoms with van der Waals surface area (Å²) in [4.78, 5) is 25.1. The van der Waals surface area contributed by atoms with E-state index in [9.17, 15) is 14.7 Å². The Morgan fingerprint density at radius 3 is 2.38 bits per heavy atom. The highest BCUT2D eigenvalue weighted by Gasteiger charge is 2.38. The molecule has 1 heterocycles. The summed E-state index contributed by atoms with van der Waals surface area (Å²) < 4.78 is 10.2. The molecule has 1 N–H and O–H groups in total. The summed E-state index contributed by atoms with van der Waals surface area (Å²) in [7, 11) is 1.48. The van der Waals surface area contributed by atoms with Crippen LogP contribution < -0.4 is 4.74 Å². The number of aliphatic hydroxyl groups excluding tert-OH is 1. The summed E-state index contributed by atoms with van der Waals surface area (Å²) in [6, 6.07) is 6.66. The maximum atomic E-state index is 12.2. The summed E-state index contributed by atoms with van der Waals surface area (Å²) in [5.41, 5.74) is 0.494. The van der Waals surface area contributed by atoms with Gasteiger partial charge in [0.25, 0.3) is 11.8 Å². The molecule has 6 heteroatoms.